The third kappa shape index (κ3) is 6.61. The Bertz CT molecular complexity index is 2400. The molecule has 0 radical (unpaired) electrons. The molecule has 51 heavy (non-hydrogen) atoms. The molecule has 0 amide bonds. The lowest BCUT2D eigenvalue weighted by molar-refractivity contribution is 0.460. The first-order valence-electron chi connectivity index (χ1n) is 17.7. The van der Waals surface area contributed by atoms with Crippen LogP contribution in [0.15, 0.2) is 115 Å². The van der Waals surface area contributed by atoms with Crippen LogP contribution in [0.25, 0.3) is 50.0 Å². The number of fused-ring (bicyclic) bond motifs is 3. The van der Waals surface area contributed by atoms with Crippen LogP contribution in [-0.4, -0.2) is 19.6 Å². The normalized spacial score (nSPS) is 12.5. The maximum atomic E-state index is 11.2. The maximum absolute atomic E-state index is 11.2. The molecule has 7 aromatic rings. The average Bonchev–Trinajstić information content (AvgIpc) is 3.40. The van der Waals surface area contributed by atoms with Crippen molar-refractivity contribution in [2.45, 2.75) is 78.6 Å². The largest absolute Gasteiger partial charge is 0.506 e. The fourth-order valence-corrected chi connectivity index (χ4v) is 6.71. The highest BCUT2D eigenvalue weighted by Crippen LogP contribution is 2.43. The number of nitrogens with zero attached hydrogens (tertiary/aromatic N) is 3. The summed E-state index contributed by atoms with van der Waals surface area (Å²) in [6.07, 6.45) is 1.79. The molecule has 3 aromatic heterocycles. The molecule has 7 rings (SSSR count). The van der Waals surface area contributed by atoms with Crippen LogP contribution in [0.5, 0.6) is 17.4 Å². The number of phenolic OH excluding ortho intramolecular Hbond substituents is 1. The van der Waals surface area contributed by atoms with Crippen LogP contribution in [0.1, 0.15) is 79.0 Å². The Kier molecular flexibility index (Phi) is 8.29. The van der Waals surface area contributed by atoms with E-state index in [1.807, 2.05) is 48.5 Å². The molecule has 3 heterocycles. The molecular formula is C46H47N3O2. The molecule has 1 N–H and O–H groups in total. The molecule has 4 aromatic carbocycles. The van der Waals surface area contributed by atoms with Crippen molar-refractivity contribution in [3.8, 4) is 45.5 Å². The van der Waals surface area contributed by atoms with Gasteiger partial charge in [0.05, 0.1) is 16.9 Å². The number of hydrogen-bond acceptors (Lipinski definition) is 4. The molecule has 5 nitrogen and oxygen atoms in total. The van der Waals surface area contributed by atoms with Crippen LogP contribution in [0.4, 0.5) is 0 Å². The van der Waals surface area contributed by atoms with Crippen molar-refractivity contribution in [2.24, 2.45) is 0 Å². The molecule has 0 aliphatic heterocycles. The first kappa shape index (κ1) is 34.0. The van der Waals surface area contributed by atoms with E-state index in [4.69, 9.17) is 9.72 Å². The fraction of sp³-hybridized carbons (Fsp3) is 0.261. The van der Waals surface area contributed by atoms with Crippen molar-refractivity contribution in [1.29, 1.82) is 0 Å². The van der Waals surface area contributed by atoms with Gasteiger partial charge in [0.2, 0.25) is 5.88 Å². The second-order valence-electron chi connectivity index (χ2n) is 16.7. The molecule has 0 aliphatic carbocycles. The average molecular weight is 674 g/mol. The Balaban J connectivity index is 1.49. The Labute approximate surface area is 301 Å². The number of benzene rings is 4. The minimum Gasteiger partial charge on any atom is -0.506 e. The summed E-state index contributed by atoms with van der Waals surface area (Å²) in [5, 5.41) is 13.3. The highest BCUT2D eigenvalue weighted by molar-refractivity contribution is 6.09. The Morgan fingerprint density at radius 3 is 1.98 bits per heavy atom. The molecule has 258 valence electrons. The Hall–Kier alpha value is -5.42. The summed E-state index contributed by atoms with van der Waals surface area (Å²) < 4.78 is 8.68. The molecule has 0 saturated carbocycles. The Morgan fingerprint density at radius 1 is 0.588 bits per heavy atom. The topological polar surface area (TPSA) is 60.2 Å². The predicted molar refractivity (Wildman–Crippen MR) is 212 cm³/mol. The number of para-hydroxylation sites is 2. The number of phenols is 1. The molecule has 0 spiro atoms. The van der Waals surface area contributed by atoms with Gasteiger partial charge in [0, 0.05) is 28.6 Å². The third-order valence-corrected chi connectivity index (χ3v) is 9.65. The van der Waals surface area contributed by atoms with Gasteiger partial charge < -0.3 is 9.84 Å². The maximum Gasteiger partial charge on any atom is 0.219 e. The number of pyridine rings is 2. The van der Waals surface area contributed by atoms with E-state index in [0.717, 1.165) is 55.4 Å². The number of rotatable bonds is 5. The van der Waals surface area contributed by atoms with E-state index in [1.165, 1.54) is 5.56 Å². The molecule has 0 fully saturated rings. The third-order valence-electron chi connectivity index (χ3n) is 9.65. The molecule has 0 unspecified atom stereocenters. The van der Waals surface area contributed by atoms with Crippen molar-refractivity contribution < 1.29 is 9.84 Å². The molecule has 5 heteroatoms. The zero-order chi connectivity index (χ0) is 36.3. The van der Waals surface area contributed by atoms with Crippen LogP contribution in [-0.2, 0) is 16.2 Å². The van der Waals surface area contributed by atoms with Crippen molar-refractivity contribution in [1.82, 2.24) is 14.5 Å². The van der Waals surface area contributed by atoms with Crippen LogP contribution in [0.3, 0.4) is 0 Å². The van der Waals surface area contributed by atoms with Gasteiger partial charge in [-0.25, -0.2) is 9.97 Å². The zero-order valence-electron chi connectivity index (χ0n) is 31.2. The quantitative estimate of drug-likeness (QED) is 0.198. The van der Waals surface area contributed by atoms with E-state index in [-0.39, 0.29) is 22.0 Å². The molecule has 0 saturated heterocycles. The molecule has 0 aliphatic rings. The lowest BCUT2D eigenvalue weighted by Crippen LogP contribution is -2.15. The number of aromatic nitrogens is 3. The van der Waals surface area contributed by atoms with E-state index < -0.39 is 0 Å². The Morgan fingerprint density at radius 2 is 1.29 bits per heavy atom. The number of hydrogen-bond donors (Lipinski definition) is 1. The first-order valence-corrected chi connectivity index (χ1v) is 17.7. The van der Waals surface area contributed by atoms with E-state index in [9.17, 15) is 5.11 Å². The summed E-state index contributed by atoms with van der Waals surface area (Å²) in [5.74, 6) is 1.44. The van der Waals surface area contributed by atoms with Crippen molar-refractivity contribution in [3.63, 3.8) is 0 Å². The highest BCUT2D eigenvalue weighted by Gasteiger charge is 2.27. The van der Waals surface area contributed by atoms with Crippen molar-refractivity contribution in [3.05, 3.63) is 132 Å². The standard InChI is InChI=1S/C46H47N3O2/c1-44(2,3)32-19-20-38-35(27-32)36-28-37(46(7,8)9)42(48-43(36)49(38)39-17-13-14-18-40(39)50)31-23-33(45(4,5)6)26-34(24-31)51-41-25-30(21-22-47-41)29-15-11-10-12-16-29/h10-28,50H,1-9H3. The lowest BCUT2D eigenvalue weighted by Gasteiger charge is -2.25. The lowest BCUT2D eigenvalue weighted by atomic mass is 9.81. The second-order valence-corrected chi connectivity index (χ2v) is 16.7. The van der Waals surface area contributed by atoms with Crippen molar-refractivity contribution in [2.75, 3.05) is 0 Å². The number of aromatic hydroxyl groups is 1. The molecule has 0 bridgehead atoms. The van der Waals surface area contributed by atoms with Gasteiger partial charge in [-0.15, -0.1) is 0 Å². The number of ether oxygens (including phenoxy) is 1. The van der Waals surface area contributed by atoms with Gasteiger partial charge in [0.25, 0.3) is 0 Å². The van der Waals surface area contributed by atoms with Gasteiger partial charge in [-0.2, -0.15) is 0 Å². The van der Waals surface area contributed by atoms with E-state index in [1.54, 1.807) is 12.3 Å². The highest BCUT2D eigenvalue weighted by atomic mass is 16.5. The zero-order valence-corrected chi connectivity index (χ0v) is 31.2. The van der Waals surface area contributed by atoms with E-state index >= 15 is 0 Å². The van der Waals surface area contributed by atoms with Gasteiger partial charge in [0.1, 0.15) is 17.1 Å². The van der Waals surface area contributed by atoms with Gasteiger partial charge in [0.15, 0.2) is 0 Å². The van der Waals surface area contributed by atoms with Crippen LogP contribution in [0, 0.1) is 0 Å². The summed E-state index contributed by atoms with van der Waals surface area (Å²) in [6.45, 7) is 20.1. The van der Waals surface area contributed by atoms with Crippen LogP contribution in [0.2, 0.25) is 0 Å². The smallest absolute Gasteiger partial charge is 0.219 e. The van der Waals surface area contributed by atoms with E-state index in [2.05, 4.69) is 126 Å². The van der Waals surface area contributed by atoms with Gasteiger partial charge in [-0.1, -0.05) is 111 Å². The molecular weight excluding hydrogens is 627 g/mol. The SMILES string of the molecule is CC(C)(C)c1cc(Oc2cc(-c3ccccc3)ccn2)cc(-c2nc3c(cc2C(C)(C)C)c2cc(C(C)(C)C)ccc2n3-c2ccccc2O)c1. The monoisotopic (exact) mass is 673 g/mol. The minimum absolute atomic E-state index is 0.0308. The summed E-state index contributed by atoms with van der Waals surface area (Å²) in [4.78, 5) is 10.2. The van der Waals surface area contributed by atoms with Gasteiger partial charge in [-0.05, 0) is 98.7 Å². The molecule has 0 atom stereocenters. The van der Waals surface area contributed by atoms with E-state index in [0.29, 0.717) is 17.3 Å². The van der Waals surface area contributed by atoms with Gasteiger partial charge in [-0.3, -0.25) is 4.57 Å². The van der Waals surface area contributed by atoms with Gasteiger partial charge >= 0.3 is 0 Å². The first-order chi connectivity index (χ1) is 24.1. The van der Waals surface area contributed by atoms with Crippen LogP contribution < -0.4 is 4.74 Å². The van der Waals surface area contributed by atoms with Crippen molar-refractivity contribution >= 4 is 21.9 Å². The summed E-state index contributed by atoms with van der Waals surface area (Å²) >= 11 is 0. The fourth-order valence-electron chi connectivity index (χ4n) is 6.71. The second kappa shape index (κ2) is 12.4. The predicted octanol–water partition coefficient (Wildman–Crippen LogP) is 12.3. The summed E-state index contributed by atoms with van der Waals surface area (Å²) in [5.41, 5.74) is 9.58. The van der Waals surface area contributed by atoms with Crippen LogP contribution >= 0.6 is 0 Å². The summed E-state index contributed by atoms with van der Waals surface area (Å²) in [7, 11) is 0. The minimum atomic E-state index is -0.230. The summed E-state index contributed by atoms with van der Waals surface area (Å²) in [6, 6.07) is 37.2.